The molecular weight excluding hydrogens is 665 g/mol. The average molecular weight is 749 g/mol. The van der Waals surface area contributed by atoms with E-state index in [4.69, 9.17) is 18.5 Å². The maximum atomic E-state index is 12.6. The zero-order valence-corrected chi connectivity index (χ0v) is 35.2. The monoisotopic (exact) mass is 749 g/mol. The van der Waals surface area contributed by atoms with Gasteiger partial charge in [-0.2, -0.15) is 0 Å². The largest absolute Gasteiger partial charge is 0.472 e. The summed E-state index contributed by atoms with van der Waals surface area (Å²) < 4.78 is 34.3. The number of phosphoric acid groups is 1. The van der Waals surface area contributed by atoms with Crippen LogP contribution in [-0.2, 0) is 32.7 Å². The highest BCUT2D eigenvalue weighted by Gasteiger charge is 2.27. The summed E-state index contributed by atoms with van der Waals surface area (Å²) in [5.41, 5.74) is 0. The van der Waals surface area contributed by atoms with Gasteiger partial charge in [0.25, 0.3) is 0 Å². The van der Waals surface area contributed by atoms with Gasteiger partial charge in [-0.1, -0.05) is 168 Å². The molecule has 304 valence electrons. The quantitative estimate of drug-likeness (QED) is 0.0288. The SMILES string of the molecule is CCCCCCCCCCCCCCCC(=O)O[C@H](COC(=O)CCCCCCCCCC[C@@H](C)CCCC)COP(=O)(O)OCC[N+](C)(C)C. The number of quaternary nitrogens is 1. The van der Waals surface area contributed by atoms with E-state index in [-0.39, 0.29) is 25.6 Å². The number of nitrogens with zero attached hydrogens (tertiary/aromatic N) is 1. The van der Waals surface area contributed by atoms with E-state index in [0.29, 0.717) is 23.9 Å². The first-order valence-corrected chi connectivity index (χ1v) is 22.7. The molecule has 0 saturated carbocycles. The minimum Gasteiger partial charge on any atom is -0.462 e. The van der Waals surface area contributed by atoms with Crippen LogP contribution in [0.4, 0.5) is 0 Å². The number of phosphoric ester groups is 1. The second-order valence-electron chi connectivity index (χ2n) is 16.0. The molecule has 0 aromatic rings. The third kappa shape index (κ3) is 37.1. The number of ether oxygens (including phenoxy) is 2. The van der Waals surface area contributed by atoms with Crippen LogP contribution >= 0.6 is 7.82 Å². The smallest absolute Gasteiger partial charge is 0.462 e. The fourth-order valence-electron chi connectivity index (χ4n) is 6.07. The number of carbonyl (C=O) groups is 2. The lowest BCUT2D eigenvalue weighted by atomic mass is 9.97. The lowest BCUT2D eigenvalue weighted by Crippen LogP contribution is -2.37. The lowest BCUT2D eigenvalue weighted by Gasteiger charge is -2.24. The Morgan fingerprint density at radius 1 is 0.588 bits per heavy atom. The minimum atomic E-state index is -4.36. The Morgan fingerprint density at radius 2 is 1.02 bits per heavy atom. The average Bonchev–Trinajstić information content (AvgIpc) is 3.07. The van der Waals surface area contributed by atoms with E-state index >= 15 is 0 Å². The summed E-state index contributed by atoms with van der Waals surface area (Å²) >= 11 is 0. The molecule has 0 spiro atoms. The van der Waals surface area contributed by atoms with Gasteiger partial charge < -0.3 is 18.9 Å². The van der Waals surface area contributed by atoms with Crippen molar-refractivity contribution in [1.82, 2.24) is 0 Å². The molecule has 0 radical (unpaired) electrons. The molecule has 0 bridgehead atoms. The van der Waals surface area contributed by atoms with Crippen molar-refractivity contribution >= 4 is 19.8 Å². The standard InChI is InChI=1S/C41H82NO8P/c1-7-9-11-12-13-14-15-16-17-18-23-26-29-33-41(44)50-39(37-49-51(45,46)48-35-34-42(4,5)6)36-47-40(43)32-28-25-22-20-19-21-24-27-31-38(3)30-10-8-2/h38-39H,7-37H2,1-6H3/p+1/t38-,39+/m0/s1. The highest BCUT2D eigenvalue weighted by Crippen LogP contribution is 2.43. The second-order valence-corrected chi connectivity index (χ2v) is 17.5. The summed E-state index contributed by atoms with van der Waals surface area (Å²) in [5.74, 6) is 0.0605. The van der Waals surface area contributed by atoms with E-state index in [1.165, 1.54) is 122 Å². The Bertz CT molecular complexity index is 865. The van der Waals surface area contributed by atoms with Crippen molar-refractivity contribution in [1.29, 1.82) is 0 Å². The van der Waals surface area contributed by atoms with Gasteiger partial charge >= 0.3 is 19.8 Å². The van der Waals surface area contributed by atoms with Crippen molar-refractivity contribution in [2.75, 3.05) is 47.5 Å². The first kappa shape index (κ1) is 50.0. The molecule has 10 heteroatoms. The fourth-order valence-corrected chi connectivity index (χ4v) is 6.81. The van der Waals surface area contributed by atoms with Crippen LogP contribution in [0.25, 0.3) is 0 Å². The molecule has 0 saturated heterocycles. The summed E-state index contributed by atoms with van der Waals surface area (Å²) in [4.78, 5) is 35.3. The third-order valence-electron chi connectivity index (χ3n) is 9.53. The molecule has 1 N–H and O–H groups in total. The van der Waals surface area contributed by atoms with Gasteiger partial charge in [-0.25, -0.2) is 4.57 Å². The summed E-state index contributed by atoms with van der Waals surface area (Å²) in [6, 6.07) is 0. The van der Waals surface area contributed by atoms with Gasteiger partial charge in [-0.15, -0.1) is 0 Å². The van der Waals surface area contributed by atoms with Crippen LogP contribution in [-0.4, -0.2) is 74.9 Å². The van der Waals surface area contributed by atoms with Gasteiger partial charge in [-0.3, -0.25) is 18.6 Å². The number of rotatable bonds is 38. The first-order valence-electron chi connectivity index (χ1n) is 21.2. The van der Waals surface area contributed by atoms with E-state index in [1.807, 2.05) is 21.1 Å². The summed E-state index contributed by atoms with van der Waals surface area (Å²) in [6.45, 7) is 6.82. The topological polar surface area (TPSA) is 108 Å². The number of hydrogen-bond donors (Lipinski definition) is 1. The van der Waals surface area contributed by atoms with Gasteiger partial charge in [0, 0.05) is 12.8 Å². The van der Waals surface area contributed by atoms with E-state index in [1.54, 1.807) is 0 Å². The van der Waals surface area contributed by atoms with Crippen molar-refractivity contribution in [2.45, 2.75) is 200 Å². The normalized spacial score (nSPS) is 14.3. The van der Waals surface area contributed by atoms with Gasteiger partial charge in [-0.05, 0) is 18.8 Å². The molecule has 0 aromatic carbocycles. The van der Waals surface area contributed by atoms with Gasteiger partial charge in [0.1, 0.15) is 19.8 Å². The Morgan fingerprint density at radius 3 is 1.51 bits per heavy atom. The Balaban J connectivity index is 4.39. The lowest BCUT2D eigenvalue weighted by molar-refractivity contribution is -0.870. The summed E-state index contributed by atoms with van der Waals surface area (Å²) in [6.07, 6.45) is 29.9. The van der Waals surface area contributed by atoms with Crippen LogP contribution in [0.15, 0.2) is 0 Å². The van der Waals surface area contributed by atoms with Crippen molar-refractivity contribution in [3.05, 3.63) is 0 Å². The predicted molar refractivity (Wildman–Crippen MR) is 211 cm³/mol. The van der Waals surface area contributed by atoms with E-state index < -0.39 is 26.5 Å². The molecule has 1 unspecified atom stereocenters. The number of likely N-dealkylation sites (N-methyl/N-ethyl adjacent to an activating group) is 1. The summed E-state index contributed by atoms with van der Waals surface area (Å²) in [5, 5.41) is 0. The highest BCUT2D eigenvalue weighted by molar-refractivity contribution is 7.47. The molecule has 0 amide bonds. The minimum absolute atomic E-state index is 0.0359. The zero-order valence-electron chi connectivity index (χ0n) is 34.3. The molecular formula is C41H83NO8P+. The number of hydrogen-bond acceptors (Lipinski definition) is 7. The zero-order chi connectivity index (χ0) is 38.1. The molecule has 0 heterocycles. The van der Waals surface area contributed by atoms with Crippen LogP contribution < -0.4 is 0 Å². The van der Waals surface area contributed by atoms with E-state index in [2.05, 4.69) is 20.8 Å². The van der Waals surface area contributed by atoms with E-state index in [0.717, 1.165) is 38.0 Å². The van der Waals surface area contributed by atoms with Crippen molar-refractivity contribution in [2.24, 2.45) is 5.92 Å². The van der Waals surface area contributed by atoms with Gasteiger partial charge in [0.15, 0.2) is 6.10 Å². The van der Waals surface area contributed by atoms with E-state index in [9.17, 15) is 19.0 Å². The molecule has 51 heavy (non-hydrogen) atoms. The number of carbonyl (C=O) groups excluding carboxylic acids is 2. The Hall–Kier alpha value is -0.990. The first-order chi connectivity index (χ1) is 24.4. The molecule has 0 aliphatic heterocycles. The molecule has 3 atom stereocenters. The molecule has 0 fully saturated rings. The number of esters is 2. The van der Waals surface area contributed by atoms with Crippen LogP contribution in [0.2, 0.25) is 0 Å². The molecule has 0 aliphatic rings. The Kier molecular flexibility index (Phi) is 32.9. The van der Waals surface area contributed by atoms with Crippen LogP contribution in [0.1, 0.15) is 194 Å². The molecule has 9 nitrogen and oxygen atoms in total. The van der Waals surface area contributed by atoms with Gasteiger partial charge in [0.2, 0.25) is 0 Å². The maximum Gasteiger partial charge on any atom is 0.472 e. The van der Waals surface area contributed by atoms with Crippen molar-refractivity contribution in [3.63, 3.8) is 0 Å². The molecule has 0 aromatic heterocycles. The third-order valence-corrected chi connectivity index (χ3v) is 10.5. The van der Waals surface area contributed by atoms with Crippen molar-refractivity contribution in [3.8, 4) is 0 Å². The van der Waals surface area contributed by atoms with Crippen LogP contribution in [0.5, 0.6) is 0 Å². The fraction of sp³-hybridized carbons (Fsp3) is 0.951. The summed E-state index contributed by atoms with van der Waals surface area (Å²) in [7, 11) is 1.49. The molecule has 0 rings (SSSR count). The van der Waals surface area contributed by atoms with Crippen molar-refractivity contribution < 1.29 is 42.1 Å². The van der Waals surface area contributed by atoms with Gasteiger partial charge in [0.05, 0.1) is 27.7 Å². The Labute approximate surface area is 314 Å². The molecule has 0 aliphatic carbocycles. The van der Waals surface area contributed by atoms with Crippen LogP contribution in [0, 0.1) is 5.92 Å². The predicted octanol–water partition coefficient (Wildman–Crippen LogP) is 11.5. The number of unbranched alkanes of at least 4 members (excludes halogenated alkanes) is 20. The highest BCUT2D eigenvalue weighted by atomic mass is 31.2. The maximum absolute atomic E-state index is 12.6. The second kappa shape index (κ2) is 33.6. The van der Waals surface area contributed by atoms with Crippen LogP contribution in [0.3, 0.4) is 0 Å².